The standard InChI is InChI=1S/C33H24N6O/c1-24-21-25(19-20-34-24)30-18-17-29(35-23-40)22-31(30)32-36-38-39(37-32)33(26-11-5-2-6-12-26,27-13-7-3-8-14-27)28-15-9-4-10-16-28/h2-22H,1H3. The summed E-state index contributed by atoms with van der Waals surface area (Å²) in [5, 5.41) is 14.3. The lowest BCUT2D eigenvalue weighted by Gasteiger charge is -2.34. The fourth-order valence-electron chi connectivity index (χ4n) is 5.15. The molecule has 0 saturated carbocycles. The van der Waals surface area contributed by atoms with Crippen LogP contribution in [0.2, 0.25) is 0 Å². The Kier molecular flexibility index (Phi) is 6.63. The number of hydrogen-bond acceptors (Lipinski definition) is 6. The van der Waals surface area contributed by atoms with Gasteiger partial charge in [-0.3, -0.25) is 4.98 Å². The quantitative estimate of drug-likeness (QED) is 0.136. The maximum Gasteiger partial charge on any atom is 0.240 e. The summed E-state index contributed by atoms with van der Waals surface area (Å²) in [5.41, 5.74) is 5.91. The molecule has 0 bridgehead atoms. The highest BCUT2D eigenvalue weighted by atomic mass is 16.1. The number of nitrogens with zero attached hydrogens (tertiary/aromatic N) is 6. The van der Waals surface area contributed by atoms with Gasteiger partial charge in [0.05, 0.1) is 5.69 Å². The van der Waals surface area contributed by atoms with Gasteiger partial charge in [-0.1, -0.05) is 97.1 Å². The topological polar surface area (TPSA) is 85.9 Å². The number of aliphatic imine (C=N–C) groups is 1. The van der Waals surface area contributed by atoms with E-state index in [-0.39, 0.29) is 0 Å². The molecule has 0 unspecified atom stereocenters. The third-order valence-electron chi connectivity index (χ3n) is 6.91. The van der Waals surface area contributed by atoms with Gasteiger partial charge in [-0.2, -0.15) is 4.99 Å². The largest absolute Gasteiger partial charge is 0.262 e. The third kappa shape index (κ3) is 4.41. The molecule has 0 fully saturated rings. The van der Waals surface area contributed by atoms with E-state index in [9.17, 15) is 4.79 Å². The fraction of sp³-hybridized carbons (Fsp3) is 0.0606. The van der Waals surface area contributed by atoms with Crippen LogP contribution < -0.4 is 0 Å². The van der Waals surface area contributed by atoms with Crippen molar-refractivity contribution in [2.75, 3.05) is 0 Å². The zero-order valence-corrected chi connectivity index (χ0v) is 21.7. The van der Waals surface area contributed by atoms with Gasteiger partial charge in [0.1, 0.15) is 0 Å². The molecule has 2 heterocycles. The SMILES string of the molecule is Cc1cc(-c2ccc(N=C=O)cc2-c2nnn(C(c3ccccc3)(c3ccccc3)c3ccccc3)n2)ccn1. The van der Waals surface area contributed by atoms with Gasteiger partial charge in [0.25, 0.3) is 0 Å². The Bertz CT molecular complexity index is 1710. The van der Waals surface area contributed by atoms with Crippen LogP contribution in [0.25, 0.3) is 22.5 Å². The van der Waals surface area contributed by atoms with Crippen molar-refractivity contribution in [2.24, 2.45) is 4.99 Å². The van der Waals surface area contributed by atoms with Crippen molar-refractivity contribution in [3.63, 3.8) is 0 Å². The molecule has 6 rings (SSSR count). The van der Waals surface area contributed by atoms with Crippen LogP contribution in [-0.4, -0.2) is 31.3 Å². The molecule has 7 heteroatoms. The van der Waals surface area contributed by atoms with E-state index in [0.717, 1.165) is 33.5 Å². The van der Waals surface area contributed by atoms with Crippen LogP contribution >= 0.6 is 0 Å². The molecule has 0 atom stereocenters. The molecule has 0 amide bonds. The van der Waals surface area contributed by atoms with Crippen molar-refractivity contribution < 1.29 is 4.79 Å². The van der Waals surface area contributed by atoms with Gasteiger partial charge < -0.3 is 0 Å². The molecule has 0 N–H and O–H groups in total. The van der Waals surface area contributed by atoms with E-state index in [0.29, 0.717) is 17.1 Å². The predicted molar refractivity (Wildman–Crippen MR) is 154 cm³/mol. The average molecular weight is 521 g/mol. The zero-order chi connectivity index (χ0) is 27.4. The lowest BCUT2D eigenvalue weighted by atomic mass is 9.77. The fourth-order valence-corrected chi connectivity index (χ4v) is 5.15. The summed E-state index contributed by atoms with van der Waals surface area (Å²) in [4.78, 5) is 20.9. The highest BCUT2D eigenvalue weighted by Gasteiger charge is 2.41. The number of hydrogen-bond donors (Lipinski definition) is 0. The van der Waals surface area contributed by atoms with Gasteiger partial charge in [-0.25, -0.2) is 4.79 Å². The summed E-state index contributed by atoms with van der Waals surface area (Å²) >= 11 is 0. The van der Waals surface area contributed by atoms with Crippen molar-refractivity contribution in [2.45, 2.75) is 12.5 Å². The van der Waals surface area contributed by atoms with E-state index < -0.39 is 5.54 Å². The Hall–Kier alpha value is -5.52. The first-order valence-corrected chi connectivity index (χ1v) is 12.8. The van der Waals surface area contributed by atoms with Crippen LogP contribution in [0.5, 0.6) is 0 Å². The van der Waals surface area contributed by atoms with Crippen LogP contribution in [0.1, 0.15) is 22.4 Å². The number of isocyanates is 1. The Morgan fingerprint density at radius 3 is 1.88 bits per heavy atom. The summed E-state index contributed by atoms with van der Waals surface area (Å²) in [7, 11) is 0. The number of tetrazole rings is 1. The molecule has 4 aromatic carbocycles. The molecule has 2 aromatic heterocycles. The van der Waals surface area contributed by atoms with Gasteiger partial charge in [-0.15, -0.1) is 15.0 Å². The Labute approximate surface area is 231 Å². The molecule has 7 nitrogen and oxygen atoms in total. The van der Waals surface area contributed by atoms with Gasteiger partial charge in [-0.05, 0) is 64.2 Å². The molecular formula is C33H24N6O. The number of aryl methyl sites for hydroxylation is 1. The van der Waals surface area contributed by atoms with E-state index in [1.165, 1.54) is 0 Å². The highest BCUT2D eigenvalue weighted by Crippen LogP contribution is 2.40. The summed E-state index contributed by atoms with van der Waals surface area (Å²) in [5.74, 6) is 0.402. The Balaban J connectivity index is 1.63. The lowest BCUT2D eigenvalue weighted by molar-refractivity contribution is 0.396. The molecule has 6 aromatic rings. The molecule has 0 radical (unpaired) electrons. The monoisotopic (exact) mass is 520 g/mol. The minimum atomic E-state index is -0.902. The molecule has 0 aliphatic rings. The van der Waals surface area contributed by atoms with Crippen LogP contribution in [0.3, 0.4) is 0 Å². The minimum Gasteiger partial charge on any atom is -0.262 e. The van der Waals surface area contributed by atoms with Crippen molar-refractivity contribution in [1.82, 2.24) is 25.2 Å². The normalized spacial score (nSPS) is 11.1. The average Bonchev–Trinajstić information content (AvgIpc) is 3.50. The van der Waals surface area contributed by atoms with Crippen molar-refractivity contribution in [3.8, 4) is 22.5 Å². The number of benzene rings is 4. The van der Waals surface area contributed by atoms with Crippen molar-refractivity contribution >= 4 is 11.8 Å². The van der Waals surface area contributed by atoms with Gasteiger partial charge in [0.2, 0.25) is 11.9 Å². The summed E-state index contributed by atoms with van der Waals surface area (Å²) < 4.78 is 0. The van der Waals surface area contributed by atoms with E-state index >= 15 is 0 Å². The number of pyridine rings is 1. The second-order valence-electron chi connectivity index (χ2n) is 9.33. The number of rotatable bonds is 7. The Morgan fingerprint density at radius 1 is 0.725 bits per heavy atom. The predicted octanol–water partition coefficient (Wildman–Crippen LogP) is 6.52. The second-order valence-corrected chi connectivity index (χ2v) is 9.33. The van der Waals surface area contributed by atoms with Crippen LogP contribution in [0, 0.1) is 6.92 Å². The van der Waals surface area contributed by atoms with E-state index in [1.807, 2.05) is 79.7 Å². The summed E-state index contributed by atoms with van der Waals surface area (Å²) in [6, 6.07) is 39.9. The third-order valence-corrected chi connectivity index (χ3v) is 6.91. The molecular weight excluding hydrogens is 496 g/mol. The molecule has 0 saturated heterocycles. The van der Waals surface area contributed by atoms with E-state index in [4.69, 9.17) is 5.10 Å². The molecule has 0 spiro atoms. The highest BCUT2D eigenvalue weighted by molar-refractivity contribution is 5.83. The van der Waals surface area contributed by atoms with Crippen molar-refractivity contribution in [1.29, 1.82) is 0 Å². The Morgan fingerprint density at radius 2 is 1.32 bits per heavy atom. The van der Waals surface area contributed by atoms with Crippen molar-refractivity contribution in [3.05, 3.63) is 150 Å². The maximum atomic E-state index is 11.1. The van der Waals surface area contributed by atoms with Crippen LogP contribution in [0.4, 0.5) is 5.69 Å². The zero-order valence-electron chi connectivity index (χ0n) is 21.7. The van der Waals surface area contributed by atoms with Crippen LogP contribution in [-0.2, 0) is 10.3 Å². The molecule has 0 aliphatic heterocycles. The first-order valence-electron chi connectivity index (χ1n) is 12.8. The molecule has 0 aliphatic carbocycles. The van der Waals surface area contributed by atoms with Crippen LogP contribution in [0.15, 0.2) is 133 Å². The van der Waals surface area contributed by atoms with Gasteiger partial charge in [0.15, 0.2) is 5.54 Å². The number of aromatic nitrogens is 5. The first-order chi connectivity index (χ1) is 19.7. The van der Waals surface area contributed by atoms with Gasteiger partial charge >= 0.3 is 0 Å². The smallest absolute Gasteiger partial charge is 0.240 e. The molecule has 192 valence electrons. The first kappa shape index (κ1) is 24.8. The summed E-state index contributed by atoms with van der Waals surface area (Å²) in [6.07, 6.45) is 3.39. The molecule has 40 heavy (non-hydrogen) atoms. The maximum absolute atomic E-state index is 11.1. The number of carbonyl (C=O) groups excluding carboxylic acids is 1. The minimum absolute atomic E-state index is 0.402. The summed E-state index contributed by atoms with van der Waals surface area (Å²) in [6.45, 7) is 1.94. The van der Waals surface area contributed by atoms with E-state index in [2.05, 4.69) is 56.7 Å². The van der Waals surface area contributed by atoms with Gasteiger partial charge in [0, 0.05) is 17.5 Å². The lowest BCUT2D eigenvalue weighted by Crippen LogP contribution is -2.39. The van der Waals surface area contributed by atoms with E-state index in [1.54, 1.807) is 29.2 Å². The second kappa shape index (κ2) is 10.7.